The van der Waals surface area contributed by atoms with Crippen molar-refractivity contribution in [2.24, 2.45) is 0 Å². The Morgan fingerprint density at radius 3 is 2.31 bits per heavy atom. The van der Waals surface area contributed by atoms with Gasteiger partial charge < -0.3 is 0 Å². The van der Waals surface area contributed by atoms with Gasteiger partial charge in [-0.25, -0.2) is 0 Å². The van der Waals surface area contributed by atoms with Crippen molar-refractivity contribution >= 4 is 45.4 Å². The van der Waals surface area contributed by atoms with Gasteiger partial charge in [0.2, 0.25) is 0 Å². The van der Waals surface area contributed by atoms with E-state index < -0.39 is 0 Å². The van der Waals surface area contributed by atoms with Crippen LogP contribution in [-0.4, -0.2) is 0 Å². The Morgan fingerprint density at radius 2 is 1.73 bits per heavy atom. The van der Waals surface area contributed by atoms with Crippen LogP contribution in [0.4, 0.5) is 0 Å². The normalized spacial score (nSPS) is 12.2. The first-order valence-electron chi connectivity index (χ1n) is 8.69. The van der Waals surface area contributed by atoms with E-state index in [1.807, 2.05) is 12.2 Å². The summed E-state index contributed by atoms with van der Waals surface area (Å²) in [5.74, 6) is 0. The maximum absolute atomic E-state index is 4.40. The van der Waals surface area contributed by atoms with Crippen molar-refractivity contribution < 1.29 is 0 Å². The maximum atomic E-state index is 4.40. The van der Waals surface area contributed by atoms with E-state index in [-0.39, 0.29) is 0 Å². The minimum absolute atomic E-state index is 0.838. The maximum Gasteiger partial charge on any atom is 0.0175 e. The number of fused-ring (bicyclic) bond motifs is 1. The van der Waals surface area contributed by atoms with Gasteiger partial charge >= 0.3 is 0 Å². The first-order valence-corrected chi connectivity index (χ1v) is 9.48. The fourth-order valence-electron chi connectivity index (χ4n) is 3.12. The fraction of sp³-hybridized carbons (Fsp3) is 0.120. The van der Waals surface area contributed by atoms with Crippen LogP contribution < -0.4 is 10.4 Å². The molecule has 0 bridgehead atoms. The van der Waals surface area contributed by atoms with Crippen molar-refractivity contribution in [3.05, 3.63) is 99.9 Å². The van der Waals surface area contributed by atoms with E-state index >= 15 is 0 Å². The van der Waals surface area contributed by atoms with E-state index in [1.165, 1.54) is 16.5 Å². The van der Waals surface area contributed by atoms with Crippen LogP contribution in [-0.2, 0) is 6.42 Å². The van der Waals surface area contributed by atoms with Crippen molar-refractivity contribution in [2.45, 2.75) is 19.8 Å². The third kappa shape index (κ3) is 4.05. The van der Waals surface area contributed by atoms with Crippen molar-refractivity contribution in [3.63, 3.8) is 0 Å². The Kier molecular flexibility index (Phi) is 6.76. The smallest absolute Gasteiger partial charge is 0.0175 e. The van der Waals surface area contributed by atoms with Gasteiger partial charge in [-0.2, -0.15) is 0 Å². The van der Waals surface area contributed by atoms with Crippen LogP contribution in [0.5, 0.6) is 0 Å². The number of allylic oxidation sites excluding steroid dienone is 5. The summed E-state index contributed by atoms with van der Waals surface area (Å²) in [6.07, 6.45) is 9.72. The van der Waals surface area contributed by atoms with Crippen LogP contribution in [0.2, 0.25) is 0 Å². The summed E-state index contributed by atoms with van der Waals surface area (Å²) in [6, 6.07) is 8.39. The molecule has 0 nitrogen and oxygen atoms in total. The van der Waals surface area contributed by atoms with E-state index in [0.29, 0.717) is 0 Å². The molecule has 26 heavy (non-hydrogen) atoms. The van der Waals surface area contributed by atoms with Gasteiger partial charge in [-0.1, -0.05) is 98.6 Å². The zero-order valence-corrected chi connectivity index (χ0v) is 17.0. The molecule has 0 heterocycles. The topological polar surface area (TPSA) is 0 Å². The lowest BCUT2D eigenvalue weighted by atomic mass is 9.91. The summed E-state index contributed by atoms with van der Waals surface area (Å²) in [7, 11) is 0. The van der Waals surface area contributed by atoms with E-state index in [4.69, 9.17) is 0 Å². The third-order valence-electron chi connectivity index (χ3n) is 4.46. The molecule has 2 aromatic rings. The minimum Gasteiger partial charge on any atom is -0.0984 e. The third-order valence-corrected chi connectivity index (χ3v) is 5.02. The molecular formula is C25H25Br. The zero-order chi connectivity index (χ0) is 19.3. The van der Waals surface area contributed by atoms with Crippen molar-refractivity contribution in [2.75, 3.05) is 0 Å². The first-order chi connectivity index (χ1) is 12.4. The molecule has 0 radical (unpaired) electrons. The molecule has 0 saturated heterocycles. The minimum atomic E-state index is 0.838. The highest BCUT2D eigenvalue weighted by atomic mass is 79.9. The molecule has 1 heteroatoms. The molecule has 0 fully saturated rings. The van der Waals surface area contributed by atoms with Gasteiger partial charge in [0.25, 0.3) is 0 Å². The lowest BCUT2D eigenvalue weighted by Crippen LogP contribution is -2.29. The molecule has 2 aromatic carbocycles. The lowest BCUT2D eigenvalue weighted by Gasteiger charge is -2.13. The van der Waals surface area contributed by atoms with Gasteiger partial charge in [0, 0.05) is 4.48 Å². The van der Waals surface area contributed by atoms with Crippen LogP contribution in [0.25, 0.3) is 29.5 Å². The number of benzene rings is 2. The highest BCUT2D eigenvalue weighted by molar-refractivity contribution is 9.11. The Morgan fingerprint density at radius 1 is 1.08 bits per heavy atom. The molecule has 0 unspecified atom stereocenters. The van der Waals surface area contributed by atoms with Crippen molar-refractivity contribution in [1.82, 2.24) is 0 Å². The van der Waals surface area contributed by atoms with Gasteiger partial charge in [-0.3, -0.25) is 0 Å². The van der Waals surface area contributed by atoms with Crippen LogP contribution in [0, 0.1) is 0 Å². The van der Waals surface area contributed by atoms with Gasteiger partial charge in [0.1, 0.15) is 0 Å². The molecule has 2 rings (SSSR count). The first kappa shape index (κ1) is 19.9. The van der Waals surface area contributed by atoms with Crippen LogP contribution >= 0.6 is 15.9 Å². The second-order valence-electron chi connectivity index (χ2n) is 6.21. The summed E-state index contributed by atoms with van der Waals surface area (Å²) in [4.78, 5) is 0. The van der Waals surface area contributed by atoms with Gasteiger partial charge in [0.05, 0.1) is 0 Å². The highest BCUT2D eigenvalue weighted by Crippen LogP contribution is 2.21. The second-order valence-corrected chi connectivity index (χ2v) is 7.13. The molecule has 132 valence electrons. The highest BCUT2D eigenvalue weighted by Gasteiger charge is 2.09. The Labute approximate surface area is 165 Å². The second kappa shape index (κ2) is 8.82. The predicted octanol–water partition coefficient (Wildman–Crippen LogP) is 6.20. The summed E-state index contributed by atoms with van der Waals surface area (Å²) < 4.78 is 0.880. The van der Waals surface area contributed by atoms with Crippen LogP contribution in [0.3, 0.4) is 0 Å². The Hall–Kier alpha value is -2.38. The zero-order valence-electron chi connectivity index (χ0n) is 15.4. The quantitative estimate of drug-likeness (QED) is 0.481. The van der Waals surface area contributed by atoms with Gasteiger partial charge in [-0.15, -0.1) is 0 Å². The molecule has 0 aliphatic carbocycles. The van der Waals surface area contributed by atoms with E-state index in [9.17, 15) is 0 Å². The number of hydrogen-bond acceptors (Lipinski definition) is 0. The molecule has 0 aromatic heterocycles. The summed E-state index contributed by atoms with van der Waals surface area (Å²) in [5, 5.41) is 4.50. The molecule has 0 N–H and O–H groups in total. The Balaban J connectivity index is 2.82. The lowest BCUT2D eigenvalue weighted by molar-refractivity contribution is 0.914. The molecule has 0 amide bonds. The summed E-state index contributed by atoms with van der Waals surface area (Å²) >= 11 is 3.44. The van der Waals surface area contributed by atoms with E-state index in [0.717, 1.165) is 44.3 Å². The Bertz CT molecular complexity index is 1030. The number of rotatable bonds is 7. The predicted molar refractivity (Wildman–Crippen MR) is 123 cm³/mol. The van der Waals surface area contributed by atoms with E-state index in [2.05, 4.69) is 86.1 Å². The molecule has 0 spiro atoms. The SMILES string of the molecule is C=C/C(Br)=C\C(=C)C(=C)/C=c1\c(=C)c(CCC)c(C=C)c2ccccc12. The van der Waals surface area contributed by atoms with Crippen LogP contribution in [0.15, 0.2) is 78.4 Å². The van der Waals surface area contributed by atoms with Gasteiger partial charge in [0.15, 0.2) is 0 Å². The fourth-order valence-corrected chi connectivity index (χ4v) is 3.40. The van der Waals surface area contributed by atoms with Crippen molar-refractivity contribution in [3.8, 4) is 0 Å². The molecule has 0 saturated carbocycles. The summed E-state index contributed by atoms with van der Waals surface area (Å²) in [6.45, 7) is 22.7. The number of halogens is 1. The van der Waals surface area contributed by atoms with E-state index in [1.54, 1.807) is 6.08 Å². The van der Waals surface area contributed by atoms with Crippen LogP contribution in [0.1, 0.15) is 24.5 Å². The molecule has 0 aliphatic heterocycles. The molecular weight excluding hydrogens is 380 g/mol. The standard InChI is InChI=1S/C25H25Br/c1-7-12-22-19(6)25(16-18(5)17(4)15-20(26)8-2)24-14-11-10-13-23(24)21(22)9-3/h8-11,13-16H,2-7,12H2,1H3/b20-15+,25-16+. The summed E-state index contributed by atoms with van der Waals surface area (Å²) in [5.41, 5.74) is 4.13. The monoisotopic (exact) mass is 404 g/mol. The molecule has 0 aliphatic rings. The average Bonchev–Trinajstić information content (AvgIpc) is 2.65. The van der Waals surface area contributed by atoms with Gasteiger partial charge in [-0.05, 0) is 62.1 Å². The van der Waals surface area contributed by atoms with Crippen molar-refractivity contribution in [1.29, 1.82) is 0 Å². The molecule has 0 atom stereocenters. The largest absolute Gasteiger partial charge is 0.0984 e. The number of hydrogen-bond donors (Lipinski definition) is 0. The average molecular weight is 405 g/mol.